The third kappa shape index (κ3) is 4.98. The minimum absolute atomic E-state index is 0. The molecule has 0 saturated carbocycles. The molecule has 0 radical (unpaired) electrons. The summed E-state index contributed by atoms with van der Waals surface area (Å²) in [5, 5.41) is 15.1. The first kappa shape index (κ1) is 18.8. The summed E-state index contributed by atoms with van der Waals surface area (Å²) in [7, 11) is 1.84. The van der Waals surface area contributed by atoms with Crippen molar-refractivity contribution in [2.45, 2.75) is 11.7 Å². The molecule has 2 aromatic heterocycles. The van der Waals surface area contributed by atoms with Gasteiger partial charge in [-0.2, -0.15) is 0 Å². The summed E-state index contributed by atoms with van der Waals surface area (Å²) in [5.41, 5.74) is 0.995. The summed E-state index contributed by atoms with van der Waals surface area (Å²) in [5.74, 6) is 2.73. The molecule has 24 heavy (non-hydrogen) atoms. The second kappa shape index (κ2) is 9.08. The molecular weight excluding hydrogens is 369 g/mol. The molecule has 0 saturated heterocycles. The Bertz CT molecular complexity index is 777. The zero-order chi connectivity index (χ0) is 16.1. The van der Waals surface area contributed by atoms with Crippen LogP contribution in [0.5, 0.6) is 0 Å². The Morgan fingerprint density at radius 2 is 2.17 bits per heavy atom. The molecule has 3 rings (SSSR count). The highest BCUT2D eigenvalue weighted by Gasteiger charge is 2.07. The molecule has 0 atom stereocenters. The van der Waals surface area contributed by atoms with Crippen LogP contribution in [-0.2, 0) is 13.6 Å². The van der Waals surface area contributed by atoms with Crippen LogP contribution in [0.25, 0.3) is 11.3 Å². The number of nitrogens with zero attached hydrogens (tertiary/aromatic N) is 4. The smallest absolute Gasteiger partial charge is 0.209 e. The molecule has 3 aromatic rings. The average molecular weight is 386 g/mol. The third-order valence-electron chi connectivity index (χ3n) is 3.25. The Morgan fingerprint density at radius 3 is 2.92 bits per heavy atom. The minimum Gasteiger partial charge on any atom is -1.00 e. The molecule has 0 aliphatic heterocycles. The van der Waals surface area contributed by atoms with Crippen molar-refractivity contribution in [1.82, 2.24) is 20.2 Å². The van der Waals surface area contributed by atoms with Gasteiger partial charge in [-0.3, -0.25) is 0 Å². The quantitative estimate of drug-likeness (QED) is 0.416. The van der Waals surface area contributed by atoms with Gasteiger partial charge in [0.05, 0.1) is 12.3 Å². The number of thioether (sulfide) groups is 1. The fourth-order valence-corrected chi connectivity index (χ4v) is 3.08. The number of aromatic nitrogens is 4. The summed E-state index contributed by atoms with van der Waals surface area (Å²) in [6.07, 6.45) is 0. The van der Waals surface area contributed by atoms with Crippen LogP contribution in [0.3, 0.4) is 0 Å². The molecule has 0 aliphatic carbocycles. The van der Waals surface area contributed by atoms with Gasteiger partial charge >= 0.3 is 0 Å². The first-order chi connectivity index (χ1) is 11.2. The highest BCUT2D eigenvalue weighted by atomic mass is 35.5. The van der Waals surface area contributed by atoms with Gasteiger partial charge in [0, 0.05) is 17.6 Å². The van der Waals surface area contributed by atoms with Gasteiger partial charge < -0.3 is 22.1 Å². The molecule has 0 amide bonds. The van der Waals surface area contributed by atoms with E-state index >= 15 is 0 Å². The molecular formula is C15H17Cl2N5OS. The molecule has 0 fully saturated rings. The Hall–Kier alpha value is -1.54. The molecule has 6 nitrogen and oxygen atoms in total. The Labute approximate surface area is 155 Å². The van der Waals surface area contributed by atoms with Crippen LogP contribution in [0.2, 0.25) is 5.02 Å². The second-order valence-corrected chi connectivity index (χ2v) is 6.49. The summed E-state index contributed by atoms with van der Waals surface area (Å²) < 4.78 is 7.54. The largest absolute Gasteiger partial charge is 1.00 e. The highest BCUT2D eigenvalue weighted by molar-refractivity contribution is 7.99. The van der Waals surface area contributed by atoms with Crippen LogP contribution >= 0.6 is 23.4 Å². The van der Waals surface area contributed by atoms with Gasteiger partial charge in [-0.25, -0.2) is 4.68 Å². The van der Waals surface area contributed by atoms with Gasteiger partial charge in [0.2, 0.25) is 5.16 Å². The molecule has 1 aromatic carbocycles. The maximum atomic E-state index is 6.01. The number of hydrogen-bond donors (Lipinski definition) is 1. The zero-order valence-corrected chi connectivity index (χ0v) is 15.4. The Kier molecular flexibility index (Phi) is 7.11. The molecule has 0 bridgehead atoms. The van der Waals surface area contributed by atoms with E-state index in [1.165, 1.54) is 0 Å². The SMILES string of the molecule is Cn1nnnc1SCC[NH2+]Cc1ccc(-c2cccc(Cl)c2)o1.[Cl-]. The molecule has 2 heterocycles. The van der Waals surface area contributed by atoms with Gasteiger partial charge in [-0.1, -0.05) is 35.5 Å². The van der Waals surface area contributed by atoms with E-state index in [2.05, 4.69) is 20.8 Å². The van der Waals surface area contributed by atoms with E-state index in [4.69, 9.17) is 16.0 Å². The van der Waals surface area contributed by atoms with Gasteiger partial charge in [-0.15, -0.1) is 5.10 Å². The zero-order valence-electron chi connectivity index (χ0n) is 13.0. The van der Waals surface area contributed by atoms with Crippen molar-refractivity contribution < 1.29 is 22.1 Å². The molecule has 0 spiro atoms. The predicted octanol–water partition coefficient (Wildman–Crippen LogP) is -1.02. The van der Waals surface area contributed by atoms with E-state index in [-0.39, 0.29) is 12.4 Å². The second-order valence-electron chi connectivity index (χ2n) is 4.99. The molecule has 0 unspecified atom stereocenters. The lowest BCUT2D eigenvalue weighted by molar-refractivity contribution is -0.668. The van der Waals surface area contributed by atoms with Crippen LogP contribution in [0.1, 0.15) is 5.76 Å². The van der Waals surface area contributed by atoms with Crippen molar-refractivity contribution >= 4 is 23.4 Å². The molecule has 9 heteroatoms. The van der Waals surface area contributed by atoms with Crippen molar-refractivity contribution in [3.8, 4) is 11.3 Å². The van der Waals surface area contributed by atoms with Crippen molar-refractivity contribution in [3.05, 3.63) is 47.2 Å². The highest BCUT2D eigenvalue weighted by Crippen LogP contribution is 2.24. The lowest BCUT2D eigenvalue weighted by atomic mass is 10.2. The normalized spacial score (nSPS) is 10.6. The number of furan rings is 1. The lowest BCUT2D eigenvalue weighted by Gasteiger charge is -2.00. The number of tetrazole rings is 1. The summed E-state index contributed by atoms with van der Waals surface area (Å²) in [4.78, 5) is 0. The number of halogens is 2. The standard InChI is InChI=1S/C15H16ClN5OS.ClH/c1-21-15(18-19-20-21)23-8-7-17-10-13-5-6-14(22-13)11-3-2-4-12(16)9-11;/h2-6,9,17H,7-8,10H2,1H3;1H. The first-order valence-electron chi connectivity index (χ1n) is 7.24. The van der Waals surface area contributed by atoms with Gasteiger partial charge in [0.1, 0.15) is 12.3 Å². The first-order valence-corrected chi connectivity index (χ1v) is 8.60. The number of aryl methyl sites for hydroxylation is 1. The third-order valence-corrected chi connectivity index (χ3v) is 4.53. The van der Waals surface area contributed by atoms with E-state index in [9.17, 15) is 0 Å². The van der Waals surface area contributed by atoms with Gasteiger partial charge in [0.25, 0.3) is 0 Å². The summed E-state index contributed by atoms with van der Waals surface area (Å²) in [6, 6.07) is 11.7. The van der Waals surface area contributed by atoms with E-state index in [0.29, 0.717) is 5.02 Å². The maximum Gasteiger partial charge on any atom is 0.209 e. The lowest BCUT2D eigenvalue weighted by Crippen LogP contribution is -3.00. The van der Waals surface area contributed by atoms with Crippen LogP contribution < -0.4 is 17.7 Å². The van der Waals surface area contributed by atoms with Gasteiger partial charge in [-0.05, 0) is 34.7 Å². The average Bonchev–Trinajstić information content (AvgIpc) is 3.17. The maximum absolute atomic E-state index is 6.01. The van der Waals surface area contributed by atoms with Crippen LogP contribution in [-0.4, -0.2) is 32.5 Å². The van der Waals surface area contributed by atoms with E-state index in [1.54, 1.807) is 16.4 Å². The molecule has 128 valence electrons. The number of rotatable bonds is 7. The van der Waals surface area contributed by atoms with Crippen molar-refractivity contribution in [2.24, 2.45) is 7.05 Å². The van der Waals surface area contributed by atoms with E-state index in [1.807, 2.05) is 43.4 Å². The van der Waals surface area contributed by atoms with Crippen LogP contribution in [0.15, 0.2) is 46.0 Å². The fourth-order valence-electron chi connectivity index (χ4n) is 2.11. The van der Waals surface area contributed by atoms with Crippen LogP contribution in [0, 0.1) is 0 Å². The Morgan fingerprint density at radius 1 is 1.29 bits per heavy atom. The number of hydrogen-bond acceptors (Lipinski definition) is 5. The topological polar surface area (TPSA) is 73.3 Å². The number of benzene rings is 1. The van der Waals surface area contributed by atoms with Crippen molar-refractivity contribution in [1.29, 1.82) is 0 Å². The summed E-state index contributed by atoms with van der Waals surface area (Å²) in [6.45, 7) is 1.77. The van der Waals surface area contributed by atoms with E-state index < -0.39 is 0 Å². The van der Waals surface area contributed by atoms with Crippen molar-refractivity contribution in [3.63, 3.8) is 0 Å². The molecule has 0 aliphatic rings. The van der Waals surface area contributed by atoms with E-state index in [0.717, 1.165) is 41.1 Å². The minimum atomic E-state index is 0. The predicted molar refractivity (Wildman–Crippen MR) is 89.2 cm³/mol. The Balaban J connectivity index is 0.00000208. The van der Waals surface area contributed by atoms with Crippen molar-refractivity contribution in [2.75, 3.05) is 12.3 Å². The van der Waals surface area contributed by atoms with Gasteiger partial charge in [0.15, 0.2) is 5.76 Å². The number of nitrogens with two attached hydrogens (primary N) is 1. The fraction of sp³-hybridized carbons (Fsp3) is 0.267. The van der Waals surface area contributed by atoms with Crippen LogP contribution in [0.4, 0.5) is 0 Å². The summed E-state index contributed by atoms with van der Waals surface area (Å²) >= 11 is 7.65. The molecule has 2 N–H and O–H groups in total. The monoisotopic (exact) mass is 385 g/mol. The number of quaternary nitrogens is 1.